The average molecular weight is 426 g/mol. The molecule has 3 aromatic rings. The van der Waals surface area contributed by atoms with Gasteiger partial charge in [-0.25, -0.2) is 4.98 Å². The second-order valence-electron chi connectivity index (χ2n) is 7.82. The van der Waals surface area contributed by atoms with Gasteiger partial charge in [0.1, 0.15) is 11.6 Å². The van der Waals surface area contributed by atoms with E-state index in [-0.39, 0.29) is 11.9 Å². The molecule has 1 amide bonds. The molecule has 0 spiro atoms. The van der Waals surface area contributed by atoms with Crippen molar-refractivity contribution in [3.8, 4) is 5.75 Å². The first-order chi connectivity index (χ1) is 14.6. The minimum atomic E-state index is 0.0599. The highest BCUT2D eigenvalue weighted by Gasteiger charge is 2.32. The van der Waals surface area contributed by atoms with E-state index in [0.29, 0.717) is 13.0 Å². The molecule has 1 atom stereocenters. The van der Waals surface area contributed by atoms with Crippen molar-refractivity contribution in [1.29, 1.82) is 0 Å². The number of aryl methyl sites for hydroxylation is 2. The number of imidazole rings is 1. The molecule has 6 heteroatoms. The van der Waals surface area contributed by atoms with Crippen LogP contribution in [0.4, 0.5) is 0 Å². The van der Waals surface area contributed by atoms with Gasteiger partial charge in [-0.15, -0.1) is 0 Å². The molecule has 1 aromatic heterocycles. The summed E-state index contributed by atoms with van der Waals surface area (Å²) in [5.74, 6) is 2.04. The van der Waals surface area contributed by atoms with Crippen molar-refractivity contribution < 1.29 is 9.53 Å². The van der Waals surface area contributed by atoms with Crippen LogP contribution in [-0.2, 0) is 11.3 Å². The molecule has 0 aliphatic carbocycles. The number of benzene rings is 2. The zero-order valence-electron chi connectivity index (χ0n) is 17.6. The van der Waals surface area contributed by atoms with Crippen molar-refractivity contribution in [1.82, 2.24) is 14.5 Å². The quantitative estimate of drug-likeness (QED) is 0.467. The Morgan fingerprint density at radius 3 is 2.90 bits per heavy atom. The van der Waals surface area contributed by atoms with E-state index in [9.17, 15) is 4.79 Å². The number of para-hydroxylation sites is 2. The fourth-order valence-corrected chi connectivity index (χ4v) is 4.36. The molecular weight excluding hydrogens is 398 g/mol. The van der Waals surface area contributed by atoms with Crippen LogP contribution < -0.4 is 4.74 Å². The topological polar surface area (TPSA) is 47.4 Å². The first-order valence-electron chi connectivity index (χ1n) is 10.7. The molecule has 2 heterocycles. The Balaban J connectivity index is 1.52. The smallest absolute Gasteiger partial charge is 0.222 e. The minimum Gasteiger partial charge on any atom is -0.494 e. The van der Waals surface area contributed by atoms with Crippen molar-refractivity contribution >= 4 is 28.5 Å². The van der Waals surface area contributed by atoms with Gasteiger partial charge in [0.25, 0.3) is 0 Å². The Morgan fingerprint density at radius 2 is 2.10 bits per heavy atom. The lowest BCUT2D eigenvalue weighted by Gasteiger charge is -2.25. The first-order valence-corrected chi connectivity index (χ1v) is 11.1. The number of hydrogen-bond acceptors (Lipinski definition) is 3. The summed E-state index contributed by atoms with van der Waals surface area (Å²) in [7, 11) is 0. The predicted molar refractivity (Wildman–Crippen MR) is 120 cm³/mol. The summed E-state index contributed by atoms with van der Waals surface area (Å²) in [6, 6.07) is 14.0. The van der Waals surface area contributed by atoms with Gasteiger partial charge < -0.3 is 14.2 Å². The van der Waals surface area contributed by atoms with E-state index in [2.05, 4.69) is 10.6 Å². The maximum absolute atomic E-state index is 12.5. The van der Waals surface area contributed by atoms with E-state index in [1.54, 1.807) is 0 Å². The van der Waals surface area contributed by atoms with Gasteiger partial charge in [-0.2, -0.15) is 0 Å². The highest BCUT2D eigenvalue weighted by molar-refractivity contribution is 6.31. The largest absolute Gasteiger partial charge is 0.494 e. The molecule has 1 aliphatic rings. The Morgan fingerprint density at radius 1 is 1.27 bits per heavy atom. The van der Waals surface area contributed by atoms with Crippen molar-refractivity contribution in [2.45, 2.75) is 52.1 Å². The Bertz CT molecular complexity index is 1050. The zero-order chi connectivity index (χ0) is 21.1. The third-order valence-electron chi connectivity index (χ3n) is 5.78. The van der Waals surface area contributed by atoms with E-state index in [1.165, 1.54) is 0 Å². The number of carbonyl (C=O) groups is 1. The number of nitrogens with zero attached hydrogens (tertiary/aromatic N) is 3. The van der Waals surface area contributed by atoms with Crippen LogP contribution in [0.1, 0.15) is 50.0 Å². The van der Waals surface area contributed by atoms with Gasteiger partial charge in [-0.1, -0.05) is 30.7 Å². The molecule has 1 saturated heterocycles. The van der Waals surface area contributed by atoms with Gasteiger partial charge in [0.05, 0.1) is 23.7 Å². The molecule has 0 unspecified atom stereocenters. The van der Waals surface area contributed by atoms with E-state index in [0.717, 1.165) is 65.5 Å². The maximum atomic E-state index is 12.5. The van der Waals surface area contributed by atoms with Crippen LogP contribution in [-0.4, -0.2) is 33.5 Å². The summed E-state index contributed by atoms with van der Waals surface area (Å²) in [6.07, 6.45) is 3.38. The molecule has 4 rings (SSSR count). The van der Waals surface area contributed by atoms with Gasteiger partial charge in [0, 0.05) is 24.5 Å². The molecule has 0 saturated carbocycles. The summed E-state index contributed by atoms with van der Waals surface area (Å²) < 4.78 is 8.21. The molecule has 1 aliphatic heterocycles. The number of rotatable bonds is 7. The second kappa shape index (κ2) is 9.09. The Hall–Kier alpha value is -2.53. The fraction of sp³-hybridized carbons (Fsp3) is 0.417. The third-order valence-corrected chi connectivity index (χ3v) is 6.21. The summed E-state index contributed by atoms with van der Waals surface area (Å²) >= 11 is 6.10. The van der Waals surface area contributed by atoms with Crippen LogP contribution in [0.5, 0.6) is 5.75 Å². The fourth-order valence-electron chi connectivity index (χ4n) is 4.24. The highest BCUT2D eigenvalue weighted by Crippen LogP contribution is 2.34. The molecule has 0 N–H and O–H groups in total. The summed E-state index contributed by atoms with van der Waals surface area (Å²) in [6.45, 7) is 6.13. The van der Waals surface area contributed by atoms with E-state index in [4.69, 9.17) is 21.3 Å². The standard InChI is InChI=1S/C24H28ClN3O2/c1-3-23(29)27-13-6-10-22(27)24-26-20-8-4-5-9-21(20)28(24)14-7-15-30-18-11-12-19(25)17(2)16-18/h4-5,8-9,11-12,16,22H,3,6-7,10,13-15H2,1-2H3/t22-/m0/s1. The molecular formula is C24H28ClN3O2. The maximum Gasteiger partial charge on any atom is 0.222 e. The second-order valence-corrected chi connectivity index (χ2v) is 8.23. The molecule has 0 bridgehead atoms. The van der Waals surface area contributed by atoms with Crippen LogP contribution in [0.25, 0.3) is 11.0 Å². The number of fused-ring (bicyclic) bond motifs is 1. The van der Waals surface area contributed by atoms with Gasteiger partial charge in [-0.3, -0.25) is 4.79 Å². The molecule has 5 nitrogen and oxygen atoms in total. The molecule has 2 aromatic carbocycles. The monoisotopic (exact) mass is 425 g/mol. The van der Waals surface area contributed by atoms with Gasteiger partial charge in [-0.05, 0) is 62.1 Å². The SMILES string of the molecule is CCC(=O)N1CCC[C@H]1c1nc2ccccc2n1CCCOc1ccc(Cl)c(C)c1. The van der Waals surface area contributed by atoms with Crippen LogP contribution in [0.3, 0.4) is 0 Å². The van der Waals surface area contributed by atoms with Crippen LogP contribution in [0, 0.1) is 6.92 Å². The van der Waals surface area contributed by atoms with E-state index >= 15 is 0 Å². The van der Waals surface area contributed by atoms with Gasteiger partial charge in [0.2, 0.25) is 5.91 Å². The molecule has 158 valence electrons. The van der Waals surface area contributed by atoms with Crippen molar-refractivity contribution in [2.75, 3.05) is 13.2 Å². The van der Waals surface area contributed by atoms with Crippen molar-refractivity contribution in [2.24, 2.45) is 0 Å². The highest BCUT2D eigenvalue weighted by atomic mass is 35.5. The van der Waals surface area contributed by atoms with Crippen LogP contribution in [0.15, 0.2) is 42.5 Å². The van der Waals surface area contributed by atoms with Gasteiger partial charge >= 0.3 is 0 Å². The number of halogens is 1. The lowest BCUT2D eigenvalue weighted by Crippen LogP contribution is -2.31. The number of carbonyl (C=O) groups excluding carboxylic acids is 1. The zero-order valence-corrected chi connectivity index (χ0v) is 18.4. The number of amides is 1. The third kappa shape index (κ3) is 4.17. The van der Waals surface area contributed by atoms with Gasteiger partial charge in [0.15, 0.2) is 0 Å². The summed E-state index contributed by atoms with van der Waals surface area (Å²) in [4.78, 5) is 19.4. The molecule has 30 heavy (non-hydrogen) atoms. The normalized spacial score (nSPS) is 16.4. The van der Waals surface area contributed by atoms with Crippen molar-refractivity contribution in [3.05, 3.63) is 58.9 Å². The predicted octanol–water partition coefficient (Wildman–Crippen LogP) is 5.54. The number of likely N-dealkylation sites (tertiary alicyclic amines) is 1. The minimum absolute atomic E-state index is 0.0599. The summed E-state index contributed by atoms with van der Waals surface area (Å²) in [5.41, 5.74) is 3.11. The molecule has 0 radical (unpaired) electrons. The van der Waals surface area contributed by atoms with E-state index in [1.807, 2.05) is 55.1 Å². The van der Waals surface area contributed by atoms with E-state index < -0.39 is 0 Å². The molecule has 1 fully saturated rings. The summed E-state index contributed by atoms with van der Waals surface area (Å²) in [5, 5.41) is 0.750. The lowest BCUT2D eigenvalue weighted by atomic mass is 10.2. The van der Waals surface area contributed by atoms with Crippen LogP contribution >= 0.6 is 11.6 Å². The number of ether oxygens (including phenoxy) is 1. The average Bonchev–Trinajstić information content (AvgIpc) is 3.38. The Labute approximate surface area is 182 Å². The lowest BCUT2D eigenvalue weighted by molar-refractivity contribution is -0.131. The number of hydrogen-bond donors (Lipinski definition) is 0. The van der Waals surface area contributed by atoms with Crippen LogP contribution in [0.2, 0.25) is 5.02 Å². The first kappa shape index (κ1) is 20.7. The van der Waals surface area contributed by atoms with Crippen molar-refractivity contribution in [3.63, 3.8) is 0 Å². The number of aromatic nitrogens is 2. The Kier molecular flexibility index (Phi) is 6.28.